The third-order valence-corrected chi connectivity index (χ3v) is 3.62. The van der Waals surface area contributed by atoms with Gasteiger partial charge in [0.25, 0.3) is 0 Å². The molecule has 2 N–H and O–H groups in total. The van der Waals surface area contributed by atoms with Crippen LogP contribution in [-0.2, 0) is 4.79 Å². The molecule has 0 aliphatic heterocycles. The molecule has 0 saturated heterocycles. The number of carbonyl (C=O) groups excluding carboxylic acids is 1. The molecule has 2 rings (SSSR count). The van der Waals surface area contributed by atoms with Crippen molar-refractivity contribution in [3.8, 4) is 0 Å². The van der Waals surface area contributed by atoms with E-state index in [4.69, 9.17) is 11.6 Å². The first kappa shape index (κ1) is 14.4. The van der Waals surface area contributed by atoms with Crippen molar-refractivity contribution in [3.05, 3.63) is 34.9 Å². The van der Waals surface area contributed by atoms with Crippen LogP contribution < -0.4 is 10.6 Å². The number of carbonyl (C=O) groups is 1. The molecule has 1 unspecified atom stereocenters. The van der Waals surface area contributed by atoms with Crippen LogP contribution in [0.25, 0.3) is 0 Å². The van der Waals surface area contributed by atoms with Crippen molar-refractivity contribution in [2.24, 2.45) is 0 Å². The lowest BCUT2D eigenvalue weighted by Crippen LogP contribution is -2.30. The van der Waals surface area contributed by atoms with Crippen LogP contribution in [0.1, 0.15) is 44.2 Å². The van der Waals surface area contributed by atoms with E-state index >= 15 is 0 Å². The second kappa shape index (κ2) is 6.92. The van der Waals surface area contributed by atoms with Crippen LogP contribution in [-0.4, -0.2) is 18.5 Å². The van der Waals surface area contributed by atoms with Crippen LogP contribution in [0.4, 0.5) is 0 Å². The Hall–Kier alpha value is -1.06. The van der Waals surface area contributed by atoms with Gasteiger partial charge in [-0.05, 0) is 37.0 Å². The third kappa shape index (κ3) is 4.84. The Morgan fingerprint density at radius 1 is 1.37 bits per heavy atom. The summed E-state index contributed by atoms with van der Waals surface area (Å²) < 4.78 is 0. The van der Waals surface area contributed by atoms with Crippen molar-refractivity contribution >= 4 is 17.5 Å². The van der Waals surface area contributed by atoms with Crippen molar-refractivity contribution in [1.82, 2.24) is 10.6 Å². The summed E-state index contributed by atoms with van der Waals surface area (Å²) in [6.45, 7) is 2.84. The number of halogens is 1. The minimum Gasteiger partial charge on any atom is -0.353 e. The van der Waals surface area contributed by atoms with Crippen molar-refractivity contribution in [2.45, 2.75) is 44.7 Å². The molecule has 1 aromatic rings. The lowest BCUT2D eigenvalue weighted by Gasteiger charge is -2.17. The molecule has 0 spiro atoms. The van der Waals surface area contributed by atoms with Crippen LogP contribution in [0.2, 0.25) is 5.02 Å². The SMILES string of the molecule is CCC(NCCC(=O)NC1CC1)c1ccc(Cl)cc1. The molecule has 1 amide bonds. The minimum absolute atomic E-state index is 0.154. The van der Waals surface area contributed by atoms with Gasteiger partial charge in [0.05, 0.1) is 0 Å². The average molecular weight is 281 g/mol. The first-order valence-corrected chi connectivity index (χ1v) is 7.35. The fraction of sp³-hybridized carbons (Fsp3) is 0.533. The highest BCUT2D eigenvalue weighted by molar-refractivity contribution is 6.30. The van der Waals surface area contributed by atoms with Gasteiger partial charge in [-0.3, -0.25) is 4.79 Å². The van der Waals surface area contributed by atoms with Gasteiger partial charge in [0.1, 0.15) is 0 Å². The molecule has 3 nitrogen and oxygen atoms in total. The van der Waals surface area contributed by atoms with Gasteiger partial charge in [-0.15, -0.1) is 0 Å². The highest BCUT2D eigenvalue weighted by Crippen LogP contribution is 2.20. The highest BCUT2D eigenvalue weighted by atomic mass is 35.5. The molecule has 1 aromatic carbocycles. The fourth-order valence-corrected chi connectivity index (χ4v) is 2.21. The number of hydrogen-bond donors (Lipinski definition) is 2. The molecular formula is C15H21ClN2O. The molecule has 0 radical (unpaired) electrons. The molecule has 0 bridgehead atoms. The Morgan fingerprint density at radius 3 is 2.63 bits per heavy atom. The molecule has 4 heteroatoms. The number of hydrogen-bond acceptors (Lipinski definition) is 2. The van der Waals surface area contributed by atoms with Crippen LogP contribution in [0.15, 0.2) is 24.3 Å². The molecule has 0 heterocycles. The Balaban J connectivity index is 1.75. The zero-order valence-corrected chi connectivity index (χ0v) is 12.0. The summed E-state index contributed by atoms with van der Waals surface area (Å²) in [5.41, 5.74) is 1.22. The van der Waals surface area contributed by atoms with E-state index in [9.17, 15) is 4.79 Å². The monoisotopic (exact) mass is 280 g/mol. The van der Waals surface area contributed by atoms with E-state index in [0.29, 0.717) is 19.0 Å². The van der Waals surface area contributed by atoms with E-state index in [1.54, 1.807) is 0 Å². The number of nitrogens with one attached hydrogen (secondary N) is 2. The van der Waals surface area contributed by atoms with Gasteiger partial charge < -0.3 is 10.6 Å². The van der Waals surface area contributed by atoms with E-state index < -0.39 is 0 Å². The highest BCUT2D eigenvalue weighted by Gasteiger charge is 2.22. The molecule has 19 heavy (non-hydrogen) atoms. The van der Waals surface area contributed by atoms with Gasteiger partial charge in [0.2, 0.25) is 5.91 Å². The minimum atomic E-state index is 0.154. The maximum Gasteiger partial charge on any atom is 0.221 e. The number of rotatable bonds is 7. The van der Waals surface area contributed by atoms with Crippen LogP contribution >= 0.6 is 11.6 Å². The molecule has 1 atom stereocenters. The van der Waals surface area contributed by atoms with Crippen molar-refractivity contribution in [1.29, 1.82) is 0 Å². The number of amides is 1. The quantitative estimate of drug-likeness (QED) is 0.806. The van der Waals surface area contributed by atoms with E-state index in [0.717, 1.165) is 24.3 Å². The predicted octanol–water partition coefficient (Wildman–Crippen LogP) is 3.05. The molecule has 1 fully saturated rings. The van der Waals surface area contributed by atoms with Crippen molar-refractivity contribution in [3.63, 3.8) is 0 Å². The molecular weight excluding hydrogens is 260 g/mol. The van der Waals surface area contributed by atoms with Crippen LogP contribution in [0.5, 0.6) is 0 Å². The average Bonchev–Trinajstić information content (AvgIpc) is 3.20. The summed E-state index contributed by atoms with van der Waals surface area (Å²) in [6, 6.07) is 8.61. The van der Waals surface area contributed by atoms with Gasteiger partial charge in [0.15, 0.2) is 0 Å². The maximum absolute atomic E-state index is 11.6. The van der Waals surface area contributed by atoms with E-state index in [1.165, 1.54) is 5.56 Å². The van der Waals surface area contributed by atoms with Crippen LogP contribution in [0, 0.1) is 0 Å². The van der Waals surface area contributed by atoms with Gasteiger partial charge in [0, 0.05) is 30.1 Å². The molecule has 104 valence electrons. The first-order chi connectivity index (χ1) is 9.19. The Labute approximate surface area is 119 Å². The zero-order chi connectivity index (χ0) is 13.7. The summed E-state index contributed by atoms with van der Waals surface area (Å²) in [5.74, 6) is 0.154. The first-order valence-electron chi connectivity index (χ1n) is 6.97. The molecule has 1 saturated carbocycles. The standard InChI is InChI=1S/C15H21ClN2O/c1-2-14(11-3-5-12(16)6-4-11)17-10-9-15(19)18-13-7-8-13/h3-6,13-14,17H,2,7-10H2,1H3,(H,18,19). The van der Waals surface area contributed by atoms with E-state index in [1.807, 2.05) is 24.3 Å². The lowest BCUT2D eigenvalue weighted by atomic mass is 10.0. The predicted molar refractivity (Wildman–Crippen MR) is 78.3 cm³/mol. The van der Waals surface area contributed by atoms with Gasteiger partial charge >= 0.3 is 0 Å². The Kier molecular flexibility index (Phi) is 5.23. The maximum atomic E-state index is 11.6. The lowest BCUT2D eigenvalue weighted by molar-refractivity contribution is -0.121. The van der Waals surface area contributed by atoms with Crippen LogP contribution in [0.3, 0.4) is 0 Å². The number of benzene rings is 1. The van der Waals surface area contributed by atoms with Crippen molar-refractivity contribution in [2.75, 3.05) is 6.54 Å². The summed E-state index contributed by atoms with van der Waals surface area (Å²) in [4.78, 5) is 11.6. The normalized spacial score (nSPS) is 16.1. The molecule has 1 aliphatic rings. The Bertz CT molecular complexity index is 415. The van der Waals surface area contributed by atoms with Gasteiger partial charge in [-0.1, -0.05) is 30.7 Å². The third-order valence-electron chi connectivity index (χ3n) is 3.37. The van der Waals surface area contributed by atoms with E-state index in [2.05, 4.69) is 17.6 Å². The second-order valence-corrected chi connectivity index (χ2v) is 5.49. The van der Waals surface area contributed by atoms with Gasteiger partial charge in [-0.2, -0.15) is 0 Å². The smallest absolute Gasteiger partial charge is 0.221 e. The summed E-state index contributed by atoms with van der Waals surface area (Å²) in [6.07, 6.45) is 3.82. The summed E-state index contributed by atoms with van der Waals surface area (Å²) in [7, 11) is 0. The van der Waals surface area contributed by atoms with Crippen molar-refractivity contribution < 1.29 is 4.79 Å². The largest absolute Gasteiger partial charge is 0.353 e. The second-order valence-electron chi connectivity index (χ2n) is 5.06. The topological polar surface area (TPSA) is 41.1 Å². The zero-order valence-electron chi connectivity index (χ0n) is 11.3. The summed E-state index contributed by atoms with van der Waals surface area (Å²) >= 11 is 5.89. The molecule has 1 aliphatic carbocycles. The van der Waals surface area contributed by atoms with Gasteiger partial charge in [-0.25, -0.2) is 0 Å². The fourth-order valence-electron chi connectivity index (χ4n) is 2.08. The molecule has 0 aromatic heterocycles. The van der Waals surface area contributed by atoms with E-state index in [-0.39, 0.29) is 11.9 Å². The Morgan fingerprint density at radius 2 is 2.05 bits per heavy atom. The summed E-state index contributed by atoms with van der Waals surface area (Å²) in [5, 5.41) is 7.17.